The van der Waals surface area contributed by atoms with E-state index in [9.17, 15) is 9.59 Å². The van der Waals surface area contributed by atoms with Crippen molar-refractivity contribution < 1.29 is 19.1 Å². The summed E-state index contributed by atoms with van der Waals surface area (Å²) in [5.41, 5.74) is 0.715. The molecule has 0 saturated heterocycles. The molecule has 1 rings (SSSR count). The standard InChI is InChI=1S/C12H13BrO4/c1-3-17-12(15)8-4-5-11(16-2)9(6-8)10(14)7-13/h4-6H,3,7H2,1-2H3. The quantitative estimate of drug-likeness (QED) is 0.476. The highest BCUT2D eigenvalue weighted by molar-refractivity contribution is 9.09. The summed E-state index contributed by atoms with van der Waals surface area (Å²) in [5, 5.41) is 0.176. The predicted molar refractivity (Wildman–Crippen MR) is 67.1 cm³/mol. The molecule has 4 nitrogen and oxygen atoms in total. The van der Waals surface area contributed by atoms with Gasteiger partial charge in [-0.3, -0.25) is 4.79 Å². The molecule has 0 radical (unpaired) electrons. The molecule has 0 spiro atoms. The number of ketones is 1. The minimum atomic E-state index is -0.446. The number of benzene rings is 1. The number of hydrogen-bond acceptors (Lipinski definition) is 4. The van der Waals surface area contributed by atoms with Gasteiger partial charge in [-0.25, -0.2) is 4.79 Å². The van der Waals surface area contributed by atoms with Crippen molar-refractivity contribution in [1.29, 1.82) is 0 Å². The van der Waals surface area contributed by atoms with Crippen LogP contribution in [-0.2, 0) is 4.74 Å². The molecule has 0 saturated carbocycles. The summed E-state index contributed by atoms with van der Waals surface area (Å²) in [6.07, 6.45) is 0. The molecule has 1 aromatic rings. The van der Waals surface area contributed by atoms with Crippen LogP contribution >= 0.6 is 15.9 Å². The van der Waals surface area contributed by atoms with Gasteiger partial charge in [0, 0.05) is 0 Å². The minimum absolute atomic E-state index is 0.145. The zero-order valence-electron chi connectivity index (χ0n) is 9.66. The van der Waals surface area contributed by atoms with Crippen molar-refractivity contribution in [3.05, 3.63) is 29.3 Å². The van der Waals surface area contributed by atoms with Crippen molar-refractivity contribution in [3.63, 3.8) is 0 Å². The summed E-state index contributed by atoms with van der Waals surface area (Å²) in [6, 6.07) is 4.64. The Morgan fingerprint density at radius 3 is 2.59 bits per heavy atom. The molecule has 0 aliphatic heterocycles. The van der Waals surface area contributed by atoms with Crippen molar-refractivity contribution in [2.45, 2.75) is 6.92 Å². The van der Waals surface area contributed by atoms with Gasteiger partial charge in [0.1, 0.15) is 5.75 Å². The van der Waals surface area contributed by atoms with Gasteiger partial charge in [0.05, 0.1) is 30.2 Å². The van der Waals surface area contributed by atoms with Crippen LogP contribution in [0, 0.1) is 0 Å². The van der Waals surface area contributed by atoms with Crippen LogP contribution in [0.25, 0.3) is 0 Å². The lowest BCUT2D eigenvalue weighted by molar-refractivity contribution is 0.0526. The second-order valence-corrected chi connectivity index (χ2v) is 3.75. The average molecular weight is 301 g/mol. The highest BCUT2D eigenvalue weighted by Gasteiger charge is 2.15. The first-order chi connectivity index (χ1) is 8.13. The van der Waals surface area contributed by atoms with E-state index in [1.807, 2.05) is 0 Å². The number of alkyl halides is 1. The van der Waals surface area contributed by atoms with Crippen molar-refractivity contribution in [2.75, 3.05) is 19.0 Å². The van der Waals surface area contributed by atoms with Crippen molar-refractivity contribution in [2.24, 2.45) is 0 Å². The van der Waals surface area contributed by atoms with Gasteiger partial charge >= 0.3 is 5.97 Å². The zero-order valence-corrected chi connectivity index (χ0v) is 11.2. The molecule has 0 amide bonds. The van der Waals surface area contributed by atoms with Crippen LogP contribution < -0.4 is 4.74 Å². The van der Waals surface area contributed by atoms with Gasteiger partial charge in [-0.2, -0.15) is 0 Å². The van der Waals surface area contributed by atoms with Gasteiger partial charge in [-0.1, -0.05) is 15.9 Å². The van der Waals surface area contributed by atoms with E-state index in [2.05, 4.69) is 15.9 Å². The first kappa shape index (κ1) is 13.7. The number of Topliss-reactive ketones (excluding diaryl/α,β-unsaturated/α-hetero) is 1. The zero-order chi connectivity index (χ0) is 12.8. The maximum absolute atomic E-state index is 11.6. The van der Waals surface area contributed by atoms with E-state index in [0.29, 0.717) is 23.5 Å². The Balaban J connectivity index is 3.13. The number of halogens is 1. The van der Waals surface area contributed by atoms with Crippen molar-refractivity contribution in [1.82, 2.24) is 0 Å². The molecule has 0 aromatic heterocycles. The molecular formula is C12H13BrO4. The van der Waals surface area contributed by atoms with Gasteiger partial charge in [-0.05, 0) is 25.1 Å². The molecule has 0 atom stereocenters. The number of hydrogen-bond donors (Lipinski definition) is 0. The van der Waals surface area contributed by atoms with Crippen molar-refractivity contribution in [3.8, 4) is 5.75 Å². The monoisotopic (exact) mass is 300 g/mol. The molecule has 0 fully saturated rings. The van der Waals surface area contributed by atoms with E-state index in [0.717, 1.165) is 0 Å². The molecule has 1 aromatic carbocycles. The maximum Gasteiger partial charge on any atom is 0.338 e. The molecule has 0 aliphatic carbocycles. The maximum atomic E-state index is 11.6. The topological polar surface area (TPSA) is 52.6 Å². The normalized spacial score (nSPS) is 9.82. The number of esters is 1. The molecule has 0 N–H and O–H groups in total. The van der Waals surface area contributed by atoms with Crippen LogP contribution in [0.1, 0.15) is 27.6 Å². The Labute approximate surface area is 108 Å². The summed E-state index contributed by atoms with van der Waals surface area (Å²) in [5.74, 6) is -0.144. The number of ether oxygens (including phenoxy) is 2. The highest BCUT2D eigenvalue weighted by atomic mass is 79.9. The Morgan fingerprint density at radius 2 is 2.06 bits per heavy atom. The van der Waals surface area contributed by atoms with Crippen LogP contribution in [0.3, 0.4) is 0 Å². The minimum Gasteiger partial charge on any atom is -0.496 e. The van der Waals surface area contributed by atoms with Crippen LogP contribution in [0.15, 0.2) is 18.2 Å². The molecule has 92 valence electrons. The van der Waals surface area contributed by atoms with Crippen LogP contribution in [0.2, 0.25) is 0 Å². The fourth-order valence-corrected chi connectivity index (χ4v) is 1.64. The third kappa shape index (κ3) is 3.30. The number of carbonyl (C=O) groups excluding carboxylic acids is 2. The first-order valence-electron chi connectivity index (χ1n) is 5.08. The largest absolute Gasteiger partial charge is 0.496 e. The Morgan fingerprint density at radius 1 is 1.35 bits per heavy atom. The van der Waals surface area contributed by atoms with E-state index in [-0.39, 0.29) is 11.1 Å². The third-order valence-electron chi connectivity index (χ3n) is 2.13. The second kappa shape index (κ2) is 6.39. The SMILES string of the molecule is CCOC(=O)c1ccc(OC)c(C(=O)CBr)c1. The van der Waals surface area contributed by atoms with Crippen LogP contribution in [-0.4, -0.2) is 30.8 Å². The van der Waals surface area contributed by atoms with Gasteiger partial charge in [0.2, 0.25) is 0 Å². The lowest BCUT2D eigenvalue weighted by Crippen LogP contribution is -2.09. The van der Waals surface area contributed by atoms with Crippen LogP contribution in [0.4, 0.5) is 0 Å². The van der Waals surface area contributed by atoms with Gasteiger partial charge in [0.25, 0.3) is 0 Å². The number of rotatable bonds is 5. The molecule has 5 heteroatoms. The fraction of sp³-hybridized carbons (Fsp3) is 0.333. The van der Waals surface area contributed by atoms with Crippen LogP contribution in [0.5, 0.6) is 5.75 Å². The summed E-state index contributed by atoms with van der Waals surface area (Å²) >= 11 is 3.09. The fourth-order valence-electron chi connectivity index (χ4n) is 1.34. The van der Waals surface area contributed by atoms with E-state index < -0.39 is 5.97 Å². The molecule has 17 heavy (non-hydrogen) atoms. The summed E-state index contributed by atoms with van der Waals surface area (Å²) < 4.78 is 9.94. The average Bonchev–Trinajstić information content (AvgIpc) is 2.37. The summed E-state index contributed by atoms with van der Waals surface area (Å²) in [4.78, 5) is 23.2. The predicted octanol–water partition coefficient (Wildman–Crippen LogP) is 2.45. The van der Waals surface area contributed by atoms with E-state index >= 15 is 0 Å². The molecular weight excluding hydrogens is 288 g/mol. The summed E-state index contributed by atoms with van der Waals surface area (Å²) in [7, 11) is 1.48. The Hall–Kier alpha value is -1.36. The van der Waals surface area contributed by atoms with Gasteiger partial charge < -0.3 is 9.47 Å². The Bertz CT molecular complexity index is 429. The lowest BCUT2D eigenvalue weighted by atomic mass is 10.1. The van der Waals surface area contributed by atoms with Gasteiger partial charge in [-0.15, -0.1) is 0 Å². The third-order valence-corrected chi connectivity index (χ3v) is 2.64. The molecule has 0 unspecified atom stereocenters. The summed E-state index contributed by atoms with van der Waals surface area (Å²) in [6.45, 7) is 2.03. The smallest absolute Gasteiger partial charge is 0.338 e. The first-order valence-corrected chi connectivity index (χ1v) is 6.20. The lowest BCUT2D eigenvalue weighted by Gasteiger charge is -2.08. The van der Waals surface area contributed by atoms with Crippen molar-refractivity contribution >= 4 is 27.7 Å². The highest BCUT2D eigenvalue weighted by Crippen LogP contribution is 2.21. The number of carbonyl (C=O) groups is 2. The Kier molecular flexibility index (Phi) is 5.15. The van der Waals surface area contributed by atoms with E-state index in [4.69, 9.17) is 9.47 Å². The van der Waals surface area contributed by atoms with Gasteiger partial charge in [0.15, 0.2) is 5.78 Å². The number of methoxy groups -OCH3 is 1. The molecule has 0 aliphatic rings. The second-order valence-electron chi connectivity index (χ2n) is 3.19. The molecule has 0 bridgehead atoms. The molecule has 0 heterocycles. The van der Waals surface area contributed by atoms with E-state index in [1.165, 1.54) is 13.2 Å². The van der Waals surface area contributed by atoms with E-state index in [1.54, 1.807) is 19.1 Å².